The topological polar surface area (TPSA) is 91.3 Å². The lowest BCUT2D eigenvalue weighted by molar-refractivity contribution is -0.118. The molecule has 0 spiro atoms. The zero-order valence-corrected chi connectivity index (χ0v) is 17.5. The van der Waals surface area contributed by atoms with Crippen molar-refractivity contribution in [2.45, 2.75) is 39.2 Å². The predicted molar refractivity (Wildman–Crippen MR) is 114 cm³/mol. The Bertz CT molecular complexity index is 886. The summed E-state index contributed by atoms with van der Waals surface area (Å²) in [6, 6.07) is 4.11. The lowest BCUT2D eigenvalue weighted by atomic mass is 9.98. The van der Waals surface area contributed by atoms with Crippen molar-refractivity contribution in [1.82, 2.24) is 19.9 Å². The third-order valence-corrected chi connectivity index (χ3v) is 5.96. The third kappa shape index (κ3) is 4.27. The van der Waals surface area contributed by atoms with Gasteiger partial charge in [-0.2, -0.15) is 0 Å². The number of carbonyl (C=O) groups is 2. The Morgan fingerprint density at radius 3 is 2.60 bits per heavy atom. The van der Waals surface area contributed by atoms with Gasteiger partial charge >= 0.3 is 0 Å². The number of pyridine rings is 1. The summed E-state index contributed by atoms with van der Waals surface area (Å²) in [4.78, 5) is 41.6. The maximum Gasteiger partial charge on any atom is 0.257 e. The molecule has 1 N–H and O–H groups in total. The van der Waals surface area contributed by atoms with Crippen molar-refractivity contribution >= 4 is 23.3 Å². The van der Waals surface area contributed by atoms with Gasteiger partial charge in [0, 0.05) is 37.9 Å². The van der Waals surface area contributed by atoms with E-state index in [4.69, 9.17) is 0 Å². The molecule has 0 saturated carbocycles. The highest BCUT2D eigenvalue weighted by molar-refractivity contribution is 5.94. The first-order valence-corrected chi connectivity index (χ1v) is 10.6. The van der Waals surface area contributed by atoms with Gasteiger partial charge in [-0.1, -0.05) is 20.3 Å². The van der Waals surface area contributed by atoms with Gasteiger partial charge in [-0.3, -0.25) is 9.59 Å². The van der Waals surface area contributed by atoms with E-state index in [-0.39, 0.29) is 23.8 Å². The molecule has 4 rings (SSSR count). The Hall–Kier alpha value is -3.03. The summed E-state index contributed by atoms with van der Waals surface area (Å²) in [6.45, 7) is 6.07. The van der Waals surface area contributed by atoms with Crippen LogP contribution in [-0.2, 0) is 4.79 Å². The van der Waals surface area contributed by atoms with E-state index in [1.165, 1.54) is 6.33 Å². The quantitative estimate of drug-likeness (QED) is 0.836. The Labute approximate surface area is 176 Å². The summed E-state index contributed by atoms with van der Waals surface area (Å²) in [5.41, 5.74) is 1.24. The van der Waals surface area contributed by atoms with E-state index >= 15 is 0 Å². The van der Waals surface area contributed by atoms with E-state index in [0.29, 0.717) is 23.7 Å². The van der Waals surface area contributed by atoms with E-state index in [2.05, 4.69) is 25.2 Å². The van der Waals surface area contributed by atoms with Crippen LogP contribution >= 0.6 is 0 Å². The van der Waals surface area contributed by atoms with Crippen molar-refractivity contribution in [3.63, 3.8) is 0 Å². The lowest BCUT2D eigenvalue weighted by Crippen LogP contribution is -2.41. The number of nitrogens with zero attached hydrogens (tertiary/aromatic N) is 5. The van der Waals surface area contributed by atoms with Crippen LogP contribution in [0.5, 0.6) is 0 Å². The van der Waals surface area contributed by atoms with Gasteiger partial charge in [-0.15, -0.1) is 0 Å². The molecule has 0 radical (unpaired) electrons. The number of hydrogen-bond donors (Lipinski definition) is 1. The minimum absolute atomic E-state index is 0.0108. The van der Waals surface area contributed by atoms with Crippen molar-refractivity contribution in [1.29, 1.82) is 0 Å². The van der Waals surface area contributed by atoms with Gasteiger partial charge in [0.2, 0.25) is 5.91 Å². The fourth-order valence-electron chi connectivity index (χ4n) is 4.30. The van der Waals surface area contributed by atoms with Crippen molar-refractivity contribution < 1.29 is 9.59 Å². The molecule has 2 fully saturated rings. The van der Waals surface area contributed by atoms with E-state index in [1.807, 2.05) is 30.9 Å². The number of amides is 2. The van der Waals surface area contributed by atoms with Crippen molar-refractivity contribution in [2.75, 3.05) is 29.9 Å². The van der Waals surface area contributed by atoms with Gasteiger partial charge in [-0.25, -0.2) is 15.0 Å². The van der Waals surface area contributed by atoms with Crippen molar-refractivity contribution in [3.8, 4) is 0 Å². The molecule has 2 aliphatic rings. The highest BCUT2D eigenvalue weighted by Crippen LogP contribution is 2.33. The molecule has 0 bridgehead atoms. The number of likely N-dealkylation sites (tertiary alicyclic amines) is 1. The molecule has 8 heteroatoms. The number of rotatable bonds is 4. The maximum atomic E-state index is 12.9. The summed E-state index contributed by atoms with van der Waals surface area (Å²) in [5.74, 6) is 1.21. The Morgan fingerprint density at radius 2 is 1.90 bits per heavy atom. The average molecular weight is 409 g/mol. The highest BCUT2D eigenvalue weighted by Gasteiger charge is 2.40. The minimum atomic E-state index is -0.0759. The van der Waals surface area contributed by atoms with Crippen LogP contribution in [0.15, 0.2) is 37.1 Å². The molecule has 2 amide bonds. The Kier molecular flexibility index (Phi) is 5.92. The Morgan fingerprint density at radius 1 is 1.10 bits per heavy atom. The van der Waals surface area contributed by atoms with E-state index in [9.17, 15) is 9.59 Å². The SMILES string of the molecule is CC(C)C(=O)Nc1ccc(N2CCCC[C@@H]3CN(C(=O)c4cncnc4)C[C@@H]32)nc1. The fraction of sp³-hybridized carbons (Fsp3) is 0.500. The number of carbonyl (C=O) groups excluding carboxylic acids is 2. The number of fused-ring (bicyclic) bond motifs is 1. The molecule has 158 valence electrons. The van der Waals surface area contributed by atoms with Gasteiger partial charge in [0.25, 0.3) is 5.91 Å². The van der Waals surface area contributed by atoms with E-state index in [1.54, 1.807) is 18.6 Å². The summed E-state index contributed by atoms with van der Waals surface area (Å²) >= 11 is 0. The van der Waals surface area contributed by atoms with Crippen LogP contribution in [0.25, 0.3) is 0 Å². The first-order valence-electron chi connectivity index (χ1n) is 10.6. The Balaban J connectivity index is 1.49. The normalized spacial score (nSPS) is 21.3. The summed E-state index contributed by atoms with van der Waals surface area (Å²) in [6.07, 6.45) is 9.68. The molecule has 2 saturated heterocycles. The van der Waals surface area contributed by atoms with Crippen LogP contribution in [0.3, 0.4) is 0 Å². The largest absolute Gasteiger partial charge is 0.352 e. The lowest BCUT2D eigenvalue weighted by Gasteiger charge is -2.31. The van der Waals surface area contributed by atoms with Crippen molar-refractivity contribution in [2.24, 2.45) is 11.8 Å². The fourth-order valence-corrected chi connectivity index (χ4v) is 4.30. The summed E-state index contributed by atoms with van der Waals surface area (Å²) in [7, 11) is 0. The average Bonchev–Trinajstić information content (AvgIpc) is 3.08. The van der Waals surface area contributed by atoms with Crippen molar-refractivity contribution in [3.05, 3.63) is 42.6 Å². The monoisotopic (exact) mass is 408 g/mol. The number of anilines is 2. The molecule has 2 aromatic heterocycles. The van der Waals surface area contributed by atoms with E-state index in [0.717, 1.165) is 38.2 Å². The number of hydrogen-bond acceptors (Lipinski definition) is 6. The second kappa shape index (κ2) is 8.77. The van der Waals surface area contributed by atoms with Crippen LogP contribution in [0.1, 0.15) is 43.5 Å². The van der Waals surface area contributed by atoms with Crippen LogP contribution in [-0.4, -0.2) is 57.3 Å². The van der Waals surface area contributed by atoms with Crippen LogP contribution in [0, 0.1) is 11.8 Å². The van der Waals surface area contributed by atoms with Gasteiger partial charge in [0.05, 0.1) is 23.5 Å². The molecule has 4 heterocycles. The van der Waals surface area contributed by atoms with Crippen LogP contribution in [0.4, 0.5) is 11.5 Å². The van der Waals surface area contributed by atoms with Gasteiger partial charge < -0.3 is 15.1 Å². The van der Waals surface area contributed by atoms with Gasteiger partial charge in [0.15, 0.2) is 0 Å². The smallest absolute Gasteiger partial charge is 0.257 e. The number of aromatic nitrogens is 3. The molecule has 30 heavy (non-hydrogen) atoms. The third-order valence-electron chi connectivity index (χ3n) is 5.96. The first kappa shape index (κ1) is 20.3. The predicted octanol–water partition coefficient (Wildman–Crippen LogP) is 2.60. The summed E-state index contributed by atoms with van der Waals surface area (Å²) in [5, 5.41) is 2.89. The zero-order valence-electron chi connectivity index (χ0n) is 17.5. The molecule has 0 aromatic carbocycles. The maximum absolute atomic E-state index is 12.9. The molecule has 8 nitrogen and oxygen atoms in total. The zero-order chi connectivity index (χ0) is 21.1. The van der Waals surface area contributed by atoms with Crippen LogP contribution < -0.4 is 10.2 Å². The van der Waals surface area contributed by atoms with Gasteiger partial charge in [-0.05, 0) is 30.9 Å². The molecule has 2 aromatic rings. The minimum Gasteiger partial charge on any atom is -0.352 e. The number of nitrogens with one attached hydrogen (secondary N) is 1. The van der Waals surface area contributed by atoms with Gasteiger partial charge in [0.1, 0.15) is 12.1 Å². The molecule has 2 aliphatic heterocycles. The standard InChI is InChI=1S/C22H28N6O2/c1-15(2)21(29)26-18-6-7-20(25-11-18)28-8-4-3-5-16-12-27(13-19(16)28)22(30)17-9-23-14-24-10-17/h6-7,9-11,14-16,19H,3-5,8,12-13H2,1-2H3,(H,26,29)/t16-,19+/m1/s1. The molecule has 0 aliphatic carbocycles. The second-order valence-electron chi connectivity index (χ2n) is 8.40. The first-order chi connectivity index (χ1) is 14.5. The highest BCUT2D eigenvalue weighted by atomic mass is 16.2. The second-order valence-corrected chi connectivity index (χ2v) is 8.40. The van der Waals surface area contributed by atoms with E-state index < -0.39 is 0 Å². The summed E-state index contributed by atoms with van der Waals surface area (Å²) < 4.78 is 0. The molecular formula is C22H28N6O2. The molecular weight excluding hydrogens is 380 g/mol. The van der Waals surface area contributed by atoms with Crippen LogP contribution in [0.2, 0.25) is 0 Å². The molecule has 2 atom stereocenters. The molecule has 0 unspecified atom stereocenters.